The van der Waals surface area contributed by atoms with Gasteiger partial charge in [-0.3, -0.25) is 4.79 Å². The van der Waals surface area contributed by atoms with Crippen LogP contribution in [0, 0.1) is 0 Å². The quantitative estimate of drug-likeness (QED) is 0.714. The number of hydrogen-bond acceptors (Lipinski definition) is 1. The summed E-state index contributed by atoms with van der Waals surface area (Å²) in [5.74, 6) is 0.0995. The third kappa shape index (κ3) is 1.28. The van der Waals surface area contributed by atoms with Crippen molar-refractivity contribution in [2.45, 2.75) is 6.92 Å². The van der Waals surface area contributed by atoms with Crippen LogP contribution >= 0.6 is 15.9 Å². The first-order valence-corrected chi connectivity index (χ1v) is 5.15. The number of aromatic nitrogens is 1. The summed E-state index contributed by atoms with van der Waals surface area (Å²) in [7, 11) is 1.95. The van der Waals surface area contributed by atoms with Crippen LogP contribution in [-0.4, -0.2) is 10.4 Å². The van der Waals surface area contributed by atoms with Crippen LogP contribution in [0.4, 0.5) is 0 Å². The molecule has 0 spiro atoms. The van der Waals surface area contributed by atoms with Crippen LogP contribution in [0.5, 0.6) is 0 Å². The number of fused-ring (bicyclic) bond motifs is 1. The highest BCUT2D eigenvalue weighted by Gasteiger charge is 2.12. The second kappa shape index (κ2) is 3.24. The molecule has 0 aliphatic rings. The maximum absolute atomic E-state index is 11.4. The topological polar surface area (TPSA) is 22.0 Å². The largest absolute Gasteiger partial charge is 0.350 e. The summed E-state index contributed by atoms with van der Waals surface area (Å²) in [6.45, 7) is 1.59. The normalized spacial score (nSPS) is 10.8. The molecule has 0 bridgehead atoms. The Bertz CT molecular complexity index is 513. The molecule has 0 radical (unpaired) electrons. The smallest absolute Gasteiger partial charge is 0.161 e. The third-order valence-corrected chi connectivity index (χ3v) is 3.00. The van der Waals surface area contributed by atoms with Gasteiger partial charge in [0.15, 0.2) is 5.78 Å². The summed E-state index contributed by atoms with van der Waals surface area (Å²) >= 11 is 3.46. The highest BCUT2D eigenvalue weighted by Crippen LogP contribution is 2.28. The summed E-state index contributed by atoms with van der Waals surface area (Å²) in [4.78, 5) is 11.4. The van der Waals surface area contributed by atoms with Gasteiger partial charge in [0.1, 0.15) is 0 Å². The molecule has 14 heavy (non-hydrogen) atoms. The van der Waals surface area contributed by atoms with E-state index in [0.717, 1.165) is 20.9 Å². The molecule has 1 aromatic carbocycles. The molecule has 0 N–H and O–H groups in total. The molecule has 2 aromatic rings. The van der Waals surface area contributed by atoms with Gasteiger partial charge in [-0.25, -0.2) is 0 Å². The van der Waals surface area contributed by atoms with Crippen LogP contribution in [0.1, 0.15) is 17.3 Å². The minimum atomic E-state index is 0.0995. The lowest BCUT2D eigenvalue weighted by molar-refractivity contribution is 0.101. The van der Waals surface area contributed by atoms with Crippen molar-refractivity contribution in [3.8, 4) is 0 Å². The first-order valence-electron chi connectivity index (χ1n) is 4.35. The Morgan fingerprint density at radius 2 is 2.14 bits per heavy atom. The van der Waals surface area contributed by atoms with Gasteiger partial charge in [0, 0.05) is 34.2 Å². The average Bonchev–Trinajstić information content (AvgIpc) is 2.46. The molecule has 0 aliphatic carbocycles. The second-order valence-corrected chi connectivity index (χ2v) is 4.20. The number of halogens is 1. The summed E-state index contributed by atoms with van der Waals surface area (Å²) in [5, 5.41) is 1.00. The number of carbonyl (C=O) groups is 1. The molecule has 0 fully saturated rings. The van der Waals surface area contributed by atoms with Gasteiger partial charge in [0.25, 0.3) is 0 Å². The highest BCUT2D eigenvalue weighted by molar-refractivity contribution is 9.10. The lowest BCUT2D eigenvalue weighted by Crippen LogP contribution is -1.89. The fourth-order valence-electron chi connectivity index (χ4n) is 1.67. The fraction of sp³-hybridized carbons (Fsp3) is 0.182. The van der Waals surface area contributed by atoms with Crippen LogP contribution in [0.25, 0.3) is 10.9 Å². The Labute approximate surface area is 90.7 Å². The van der Waals surface area contributed by atoms with Gasteiger partial charge in [-0.1, -0.05) is 22.0 Å². The third-order valence-electron chi connectivity index (χ3n) is 2.34. The zero-order valence-corrected chi connectivity index (χ0v) is 9.63. The number of ketones is 1. The Hall–Kier alpha value is -1.09. The number of nitrogens with zero attached hydrogens (tertiary/aromatic N) is 1. The van der Waals surface area contributed by atoms with Crippen molar-refractivity contribution in [2.75, 3.05) is 0 Å². The molecule has 0 saturated heterocycles. The summed E-state index contributed by atoms with van der Waals surface area (Å²) in [5.41, 5.74) is 1.85. The minimum absolute atomic E-state index is 0.0995. The first-order chi connectivity index (χ1) is 6.61. The molecule has 0 unspecified atom stereocenters. The molecule has 1 heterocycles. The number of aryl methyl sites for hydroxylation is 1. The number of benzene rings is 1. The molecule has 72 valence electrons. The van der Waals surface area contributed by atoms with Crippen molar-refractivity contribution in [3.05, 3.63) is 34.4 Å². The van der Waals surface area contributed by atoms with E-state index in [2.05, 4.69) is 15.9 Å². The van der Waals surface area contributed by atoms with E-state index < -0.39 is 0 Å². The molecule has 0 saturated carbocycles. The lowest BCUT2D eigenvalue weighted by atomic mass is 10.1. The minimum Gasteiger partial charge on any atom is -0.350 e. The molecular formula is C11H10BrNO. The predicted molar refractivity (Wildman–Crippen MR) is 60.6 cm³/mol. The molecule has 2 rings (SSSR count). The molecular weight excluding hydrogens is 242 g/mol. The van der Waals surface area contributed by atoms with Crippen LogP contribution in [-0.2, 0) is 7.05 Å². The molecule has 1 aromatic heterocycles. The second-order valence-electron chi connectivity index (χ2n) is 3.34. The van der Waals surface area contributed by atoms with Gasteiger partial charge >= 0.3 is 0 Å². The fourth-order valence-corrected chi connectivity index (χ4v) is 2.24. The van der Waals surface area contributed by atoms with Gasteiger partial charge in [-0.15, -0.1) is 0 Å². The van der Waals surface area contributed by atoms with E-state index in [1.807, 2.05) is 36.0 Å². The molecule has 2 nitrogen and oxygen atoms in total. The van der Waals surface area contributed by atoms with E-state index in [4.69, 9.17) is 0 Å². The Balaban J connectivity index is 2.93. The monoisotopic (exact) mass is 251 g/mol. The van der Waals surface area contributed by atoms with Crippen LogP contribution < -0.4 is 0 Å². The van der Waals surface area contributed by atoms with Crippen molar-refractivity contribution in [2.24, 2.45) is 7.05 Å². The zero-order valence-electron chi connectivity index (χ0n) is 8.04. The first kappa shape index (κ1) is 9.46. The van der Waals surface area contributed by atoms with Gasteiger partial charge in [-0.05, 0) is 19.1 Å². The van der Waals surface area contributed by atoms with E-state index in [-0.39, 0.29) is 5.78 Å². The van der Waals surface area contributed by atoms with Crippen LogP contribution in [0.3, 0.4) is 0 Å². The highest BCUT2D eigenvalue weighted by atomic mass is 79.9. The summed E-state index contributed by atoms with van der Waals surface area (Å²) < 4.78 is 2.94. The van der Waals surface area contributed by atoms with Gasteiger partial charge in [-0.2, -0.15) is 0 Å². The van der Waals surface area contributed by atoms with Crippen molar-refractivity contribution < 1.29 is 4.79 Å². The predicted octanol–water partition coefficient (Wildman–Crippen LogP) is 3.14. The molecule has 0 atom stereocenters. The average molecular weight is 252 g/mol. The summed E-state index contributed by atoms with van der Waals surface area (Å²) in [6.07, 6.45) is 1.87. The number of rotatable bonds is 1. The SMILES string of the molecule is CC(=O)c1cn(C)c2cccc(Br)c12. The molecule has 0 amide bonds. The number of hydrogen-bond donors (Lipinski definition) is 0. The maximum Gasteiger partial charge on any atom is 0.161 e. The standard InChI is InChI=1S/C11H10BrNO/c1-7(14)8-6-13(2)10-5-3-4-9(12)11(8)10/h3-6H,1-2H3. The van der Waals surface area contributed by atoms with Crippen molar-refractivity contribution in [3.63, 3.8) is 0 Å². The molecule has 3 heteroatoms. The Morgan fingerprint density at radius 1 is 1.43 bits per heavy atom. The van der Waals surface area contributed by atoms with E-state index in [9.17, 15) is 4.79 Å². The van der Waals surface area contributed by atoms with Gasteiger partial charge in [0.2, 0.25) is 0 Å². The van der Waals surface area contributed by atoms with Crippen molar-refractivity contribution >= 4 is 32.6 Å². The maximum atomic E-state index is 11.4. The lowest BCUT2D eigenvalue weighted by Gasteiger charge is -1.97. The Morgan fingerprint density at radius 3 is 2.79 bits per heavy atom. The van der Waals surface area contributed by atoms with Crippen LogP contribution in [0.2, 0.25) is 0 Å². The van der Waals surface area contributed by atoms with Crippen LogP contribution in [0.15, 0.2) is 28.9 Å². The number of carbonyl (C=O) groups excluding carboxylic acids is 1. The molecule has 0 aliphatic heterocycles. The van der Waals surface area contributed by atoms with Gasteiger partial charge in [0.05, 0.1) is 0 Å². The van der Waals surface area contributed by atoms with E-state index in [0.29, 0.717) is 0 Å². The van der Waals surface area contributed by atoms with E-state index in [1.54, 1.807) is 6.92 Å². The Kier molecular flexibility index (Phi) is 2.19. The summed E-state index contributed by atoms with van der Waals surface area (Å²) in [6, 6.07) is 5.93. The van der Waals surface area contributed by atoms with E-state index in [1.165, 1.54) is 0 Å². The van der Waals surface area contributed by atoms with Gasteiger partial charge < -0.3 is 4.57 Å². The number of Topliss-reactive ketones (excluding diaryl/α,β-unsaturated/α-hetero) is 1. The van der Waals surface area contributed by atoms with Crippen molar-refractivity contribution in [1.29, 1.82) is 0 Å². The van der Waals surface area contributed by atoms with Crippen molar-refractivity contribution in [1.82, 2.24) is 4.57 Å². The van der Waals surface area contributed by atoms with E-state index >= 15 is 0 Å². The zero-order chi connectivity index (χ0) is 10.3.